The van der Waals surface area contributed by atoms with Crippen molar-refractivity contribution in [3.8, 4) is 0 Å². The van der Waals surface area contributed by atoms with Gasteiger partial charge in [0.25, 0.3) is 0 Å². The van der Waals surface area contributed by atoms with E-state index in [2.05, 4.69) is 19.1 Å². The standard InChI is InChI=1S/C13H13ClO2/c1-2-9-3-5-10(6-4-9)12-7-11(8-14)13(15)16-12/h3-7,12H,2,8H2,1H3. The first-order chi connectivity index (χ1) is 7.74. The molecule has 2 nitrogen and oxygen atoms in total. The van der Waals surface area contributed by atoms with Crippen LogP contribution in [0, 0.1) is 0 Å². The minimum Gasteiger partial charge on any atom is -0.450 e. The molecule has 0 N–H and O–H groups in total. The molecule has 0 fully saturated rings. The fourth-order valence-corrected chi connectivity index (χ4v) is 1.88. The predicted molar refractivity (Wildman–Crippen MR) is 63.5 cm³/mol. The second-order valence-electron chi connectivity index (χ2n) is 3.75. The zero-order chi connectivity index (χ0) is 11.5. The Morgan fingerprint density at radius 3 is 2.50 bits per heavy atom. The van der Waals surface area contributed by atoms with Crippen LogP contribution < -0.4 is 0 Å². The quantitative estimate of drug-likeness (QED) is 0.596. The Hall–Kier alpha value is -1.28. The summed E-state index contributed by atoms with van der Waals surface area (Å²) in [5, 5.41) is 0. The van der Waals surface area contributed by atoms with Gasteiger partial charge in [-0.15, -0.1) is 11.6 Å². The van der Waals surface area contributed by atoms with Gasteiger partial charge in [-0.25, -0.2) is 4.79 Å². The van der Waals surface area contributed by atoms with Crippen LogP contribution in [0.5, 0.6) is 0 Å². The zero-order valence-corrected chi connectivity index (χ0v) is 9.83. The lowest BCUT2D eigenvalue weighted by Gasteiger charge is -2.08. The number of hydrogen-bond donors (Lipinski definition) is 0. The van der Waals surface area contributed by atoms with Crippen LogP contribution in [0.25, 0.3) is 0 Å². The lowest BCUT2D eigenvalue weighted by molar-refractivity contribution is -0.139. The average molecular weight is 237 g/mol. The van der Waals surface area contributed by atoms with Crippen molar-refractivity contribution in [3.63, 3.8) is 0 Å². The topological polar surface area (TPSA) is 26.3 Å². The molecule has 1 aliphatic heterocycles. The minimum atomic E-state index is -0.306. The van der Waals surface area contributed by atoms with Crippen LogP contribution >= 0.6 is 11.6 Å². The van der Waals surface area contributed by atoms with Crippen LogP contribution in [0.2, 0.25) is 0 Å². The number of rotatable bonds is 3. The van der Waals surface area contributed by atoms with Crippen LogP contribution in [-0.4, -0.2) is 11.8 Å². The van der Waals surface area contributed by atoms with Gasteiger partial charge in [0.15, 0.2) is 0 Å². The van der Waals surface area contributed by atoms with Crippen LogP contribution in [0.4, 0.5) is 0 Å². The molecule has 1 unspecified atom stereocenters. The molecule has 1 atom stereocenters. The Bertz CT molecular complexity index is 420. The number of benzene rings is 1. The molecule has 16 heavy (non-hydrogen) atoms. The smallest absolute Gasteiger partial charge is 0.335 e. The predicted octanol–water partition coefficient (Wildman–Crippen LogP) is 3.01. The molecule has 0 aliphatic carbocycles. The van der Waals surface area contributed by atoms with Crippen molar-refractivity contribution in [3.05, 3.63) is 47.0 Å². The fourth-order valence-electron chi connectivity index (χ4n) is 1.68. The number of esters is 1. The highest BCUT2D eigenvalue weighted by Crippen LogP contribution is 2.28. The number of carbonyl (C=O) groups excluding carboxylic acids is 1. The second-order valence-corrected chi connectivity index (χ2v) is 4.01. The van der Waals surface area contributed by atoms with Crippen molar-refractivity contribution in [2.45, 2.75) is 19.4 Å². The molecule has 84 valence electrons. The monoisotopic (exact) mass is 236 g/mol. The first-order valence-electron chi connectivity index (χ1n) is 5.31. The molecule has 1 aromatic carbocycles. The number of carbonyl (C=O) groups is 1. The highest BCUT2D eigenvalue weighted by atomic mass is 35.5. The summed E-state index contributed by atoms with van der Waals surface area (Å²) in [5.74, 6) is -0.0953. The van der Waals surface area contributed by atoms with Crippen molar-refractivity contribution in [1.82, 2.24) is 0 Å². The molecule has 1 heterocycles. The summed E-state index contributed by atoms with van der Waals surface area (Å²) in [5.41, 5.74) is 2.81. The Balaban J connectivity index is 2.20. The van der Waals surface area contributed by atoms with Crippen molar-refractivity contribution < 1.29 is 9.53 Å². The minimum absolute atomic E-state index is 0.211. The summed E-state index contributed by atoms with van der Waals surface area (Å²) in [4.78, 5) is 11.3. The number of alkyl halides is 1. The third-order valence-corrected chi connectivity index (χ3v) is 3.00. The summed E-state index contributed by atoms with van der Waals surface area (Å²) >= 11 is 5.63. The van der Waals surface area contributed by atoms with Crippen molar-refractivity contribution >= 4 is 17.6 Å². The highest BCUT2D eigenvalue weighted by Gasteiger charge is 2.25. The van der Waals surface area contributed by atoms with E-state index >= 15 is 0 Å². The zero-order valence-electron chi connectivity index (χ0n) is 9.07. The van der Waals surface area contributed by atoms with Crippen LogP contribution in [0.1, 0.15) is 24.2 Å². The molecule has 3 heteroatoms. The van der Waals surface area contributed by atoms with E-state index in [4.69, 9.17) is 16.3 Å². The Morgan fingerprint density at radius 1 is 1.31 bits per heavy atom. The average Bonchev–Trinajstić information content (AvgIpc) is 2.71. The molecule has 0 bridgehead atoms. The van der Waals surface area contributed by atoms with Gasteiger partial charge in [0.05, 0.1) is 11.5 Å². The molecule has 1 aromatic rings. The maximum Gasteiger partial charge on any atom is 0.335 e. The van der Waals surface area contributed by atoms with Crippen molar-refractivity contribution in [1.29, 1.82) is 0 Å². The normalized spacial score (nSPS) is 19.5. The molecule has 1 aliphatic rings. The summed E-state index contributed by atoms with van der Waals surface area (Å²) < 4.78 is 5.21. The van der Waals surface area contributed by atoms with Gasteiger partial charge in [-0.3, -0.25) is 0 Å². The summed E-state index contributed by atoms with van der Waals surface area (Å²) in [6, 6.07) is 8.08. The number of halogens is 1. The van der Waals surface area contributed by atoms with E-state index in [9.17, 15) is 4.79 Å². The lowest BCUT2D eigenvalue weighted by Crippen LogP contribution is -2.03. The first kappa shape index (κ1) is 11.2. The molecule has 0 spiro atoms. The van der Waals surface area contributed by atoms with Gasteiger partial charge in [0.2, 0.25) is 0 Å². The van der Waals surface area contributed by atoms with Crippen molar-refractivity contribution in [2.75, 3.05) is 5.88 Å². The molecule has 0 amide bonds. The van der Waals surface area contributed by atoms with Crippen LogP contribution in [0.15, 0.2) is 35.9 Å². The summed E-state index contributed by atoms with van der Waals surface area (Å²) in [7, 11) is 0. The van der Waals surface area contributed by atoms with E-state index in [0.717, 1.165) is 12.0 Å². The van der Waals surface area contributed by atoms with E-state index in [1.807, 2.05) is 12.1 Å². The van der Waals surface area contributed by atoms with E-state index in [0.29, 0.717) is 5.57 Å². The van der Waals surface area contributed by atoms with E-state index in [1.54, 1.807) is 6.08 Å². The number of hydrogen-bond acceptors (Lipinski definition) is 2. The van der Waals surface area contributed by atoms with Crippen LogP contribution in [-0.2, 0) is 16.0 Å². The van der Waals surface area contributed by atoms with Gasteiger partial charge in [-0.05, 0) is 23.6 Å². The molecule has 0 aromatic heterocycles. The van der Waals surface area contributed by atoms with Gasteiger partial charge in [0.1, 0.15) is 6.10 Å². The van der Waals surface area contributed by atoms with Gasteiger partial charge in [0, 0.05) is 0 Å². The Labute approximate surface area is 99.9 Å². The first-order valence-corrected chi connectivity index (χ1v) is 5.84. The van der Waals surface area contributed by atoms with E-state index in [-0.39, 0.29) is 18.0 Å². The van der Waals surface area contributed by atoms with Gasteiger partial charge in [-0.1, -0.05) is 31.2 Å². The number of ether oxygens (including phenoxy) is 1. The Morgan fingerprint density at radius 2 is 2.00 bits per heavy atom. The van der Waals surface area contributed by atoms with E-state index < -0.39 is 0 Å². The molecule has 2 rings (SSSR count). The molecular weight excluding hydrogens is 224 g/mol. The maximum absolute atomic E-state index is 11.3. The van der Waals surface area contributed by atoms with E-state index in [1.165, 1.54) is 5.56 Å². The highest BCUT2D eigenvalue weighted by molar-refractivity contribution is 6.22. The van der Waals surface area contributed by atoms with Gasteiger partial charge in [-0.2, -0.15) is 0 Å². The largest absolute Gasteiger partial charge is 0.450 e. The second kappa shape index (κ2) is 4.71. The third kappa shape index (κ3) is 2.12. The summed E-state index contributed by atoms with van der Waals surface area (Å²) in [6.07, 6.45) is 2.52. The molecule has 0 saturated carbocycles. The number of cyclic esters (lactones) is 1. The SMILES string of the molecule is CCc1ccc(C2C=C(CCl)C(=O)O2)cc1. The van der Waals surface area contributed by atoms with Crippen LogP contribution in [0.3, 0.4) is 0 Å². The lowest BCUT2D eigenvalue weighted by atomic mass is 10.1. The maximum atomic E-state index is 11.3. The van der Waals surface area contributed by atoms with Gasteiger partial charge < -0.3 is 4.74 Å². The third-order valence-electron chi connectivity index (χ3n) is 2.71. The molecule has 0 radical (unpaired) electrons. The Kier molecular flexibility index (Phi) is 3.30. The summed E-state index contributed by atoms with van der Waals surface area (Å²) in [6.45, 7) is 2.11. The van der Waals surface area contributed by atoms with Crippen molar-refractivity contribution in [2.24, 2.45) is 0 Å². The molecule has 0 saturated heterocycles. The number of aryl methyl sites for hydroxylation is 1. The molecular formula is C13H13ClO2. The van der Waals surface area contributed by atoms with Gasteiger partial charge >= 0.3 is 5.97 Å². The fraction of sp³-hybridized carbons (Fsp3) is 0.308.